The van der Waals surface area contributed by atoms with Crippen LogP contribution in [0, 0.1) is 23.5 Å². The van der Waals surface area contributed by atoms with E-state index in [1.54, 1.807) is 24.3 Å². The molecule has 0 aromatic heterocycles. The Morgan fingerprint density at radius 1 is 1.04 bits per heavy atom. The smallest absolute Gasteiger partial charge is 0.306 e. The Morgan fingerprint density at radius 3 is 2.41 bits per heavy atom. The van der Waals surface area contributed by atoms with Gasteiger partial charge >= 0.3 is 5.97 Å². The Hall–Kier alpha value is -2.96. The van der Waals surface area contributed by atoms with Gasteiger partial charge in [0.05, 0.1) is 11.6 Å². The number of amides is 1. The molecule has 2 aromatic rings. The second-order valence-corrected chi connectivity index (χ2v) is 6.59. The van der Waals surface area contributed by atoms with E-state index in [1.165, 1.54) is 0 Å². The standard InChI is InChI=1S/C20H19F2NO4/c21-14-9-15(22)11-16(10-14)27-18-7-2-1-6-17(18)23-19(24)12-4-3-5-13(8-12)20(25)26/h1-2,6-7,9-13H,3-5,8H2,(H,23,24)(H,25,26). The lowest BCUT2D eigenvalue weighted by Gasteiger charge is -2.26. The number of halogens is 2. The average Bonchev–Trinajstić information content (AvgIpc) is 2.62. The van der Waals surface area contributed by atoms with E-state index in [1.807, 2.05) is 0 Å². The number of benzene rings is 2. The number of carbonyl (C=O) groups excluding carboxylic acids is 1. The first-order valence-corrected chi connectivity index (χ1v) is 8.69. The summed E-state index contributed by atoms with van der Waals surface area (Å²) in [7, 11) is 0. The van der Waals surface area contributed by atoms with Gasteiger partial charge in [-0.25, -0.2) is 8.78 Å². The van der Waals surface area contributed by atoms with Crippen molar-refractivity contribution in [3.05, 3.63) is 54.1 Å². The highest BCUT2D eigenvalue weighted by atomic mass is 19.1. The fourth-order valence-corrected chi connectivity index (χ4v) is 3.26. The number of hydrogen-bond acceptors (Lipinski definition) is 3. The lowest BCUT2D eigenvalue weighted by atomic mass is 9.81. The van der Waals surface area contributed by atoms with Crippen LogP contribution in [0.15, 0.2) is 42.5 Å². The summed E-state index contributed by atoms with van der Waals surface area (Å²) in [6.45, 7) is 0. The molecule has 0 heterocycles. The number of carboxylic acids is 1. The van der Waals surface area contributed by atoms with Crippen molar-refractivity contribution in [3.63, 3.8) is 0 Å². The zero-order valence-corrected chi connectivity index (χ0v) is 14.5. The van der Waals surface area contributed by atoms with Gasteiger partial charge in [0.2, 0.25) is 5.91 Å². The van der Waals surface area contributed by atoms with E-state index in [4.69, 9.17) is 9.84 Å². The predicted octanol–water partition coefficient (Wildman–Crippen LogP) is 4.59. The number of anilines is 1. The maximum Gasteiger partial charge on any atom is 0.306 e. The van der Waals surface area contributed by atoms with Crippen molar-refractivity contribution in [2.45, 2.75) is 25.7 Å². The molecule has 142 valence electrons. The maximum atomic E-state index is 13.3. The Labute approximate surface area is 155 Å². The van der Waals surface area contributed by atoms with E-state index in [0.29, 0.717) is 31.4 Å². The summed E-state index contributed by atoms with van der Waals surface area (Å²) < 4.78 is 32.2. The Balaban J connectivity index is 1.74. The maximum absolute atomic E-state index is 13.3. The first kappa shape index (κ1) is 18.8. The van der Waals surface area contributed by atoms with Crippen LogP contribution < -0.4 is 10.1 Å². The molecule has 3 rings (SSSR count). The summed E-state index contributed by atoms with van der Waals surface area (Å²) in [5.41, 5.74) is 0.351. The van der Waals surface area contributed by atoms with Crippen molar-refractivity contribution in [2.24, 2.45) is 11.8 Å². The van der Waals surface area contributed by atoms with Crippen molar-refractivity contribution in [1.29, 1.82) is 0 Å². The normalized spacial score (nSPS) is 19.3. The molecular formula is C20H19F2NO4. The molecule has 2 aromatic carbocycles. The predicted molar refractivity (Wildman–Crippen MR) is 94.6 cm³/mol. The number of nitrogens with one attached hydrogen (secondary N) is 1. The molecule has 2 atom stereocenters. The topological polar surface area (TPSA) is 75.6 Å². The zero-order chi connectivity index (χ0) is 19.4. The summed E-state index contributed by atoms with van der Waals surface area (Å²) in [6.07, 6.45) is 2.16. The van der Waals surface area contributed by atoms with Crippen molar-refractivity contribution >= 4 is 17.6 Å². The van der Waals surface area contributed by atoms with Gasteiger partial charge < -0.3 is 15.2 Å². The number of aliphatic carboxylic acids is 1. The van der Waals surface area contributed by atoms with Crippen LogP contribution in [0.3, 0.4) is 0 Å². The molecule has 1 fully saturated rings. The molecule has 1 saturated carbocycles. The molecule has 0 bridgehead atoms. The first-order valence-electron chi connectivity index (χ1n) is 8.69. The van der Waals surface area contributed by atoms with E-state index in [2.05, 4.69) is 5.32 Å². The lowest BCUT2D eigenvalue weighted by molar-refractivity contribution is -0.143. The average molecular weight is 375 g/mol. The molecule has 27 heavy (non-hydrogen) atoms. The van der Waals surface area contributed by atoms with Gasteiger partial charge in [-0.1, -0.05) is 18.6 Å². The molecule has 1 aliphatic carbocycles. The highest BCUT2D eigenvalue weighted by Crippen LogP contribution is 2.33. The summed E-state index contributed by atoms with van der Waals surface area (Å²) in [4.78, 5) is 23.7. The number of carbonyl (C=O) groups is 2. The van der Waals surface area contributed by atoms with E-state index in [0.717, 1.165) is 18.2 Å². The quantitative estimate of drug-likeness (QED) is 0.802. The third kappa shape index (κ3) is 4.81. The molecule has 2 unspecified atom stereocenters. The third-order valence-corrected chi connectivity index (χ3v) is 4.60. The van der Waals surface area contributed by atoms with Crippen LogP contribution in [-0.4, -0.2) is 17.0 Å². The number of ether oxygens (including phenoxy) is 1. The monoisotopic (exact) mass is 375 g/mol. The first-order chi connectivity index (χ1) is 12.9. The molecule has 0 radical (unpaired) electrons. The van der Waals surface area contributed by atoms with E-state index < -0.39 is 29.4 Å². The molecule has 2 N–H and O–H groups in total. The summed E-state index contributed by atoms with van der Waals surface area (Å²) >= 11 is 0. The van der Waals surface area contributed by atoms with Crippen molar-refractivity contribution < 1.29 is 28.2 Å². The molecule has 0 spiro atoms. The highest BCUT2D eigenvalue weighted by molar-refractivity contribution is 5.94. The number of para-hydroxylation sites is 2. The summed E-state index contributed by atoms with van der Waals surface area (Å²) in [6, 6.07) is 9.36. The van der Waals surface area contributed by atoms with Gasteiger partial charge in [-0.05, 0) is 31.4 Å². The van der Waals surface area contributed by atoms with Crippen LogP contribution in [0.5, 0.6) is 11.5 Å². The Morgan fingerprint density at radius 2 is 1.70 bits per heavy atom. The Bertz CT molecular complexity index is 835. The van der Waals surface area contributed by atoms with Crippen LogP contribution in [0.4, 0.5) is 14.5 Å². The van der Waals surface area contributed by atoms with E-state index in [-0.39, 0.29) is 17.4 Å². The van der Waals surface area contributed by atoms with E-state index >= 15 is 0 Å². The molecule has 7 heteroatoms. The zero-order valence-electron chi connectivity index (χ0n) is 14.5. The van der Waals surface area contributed by atoms with Gasteiger partial charge in [0.1, 0.15) is 17.4 Å². The van der Waals surface area contributed by atoms with Gasteiger partial charge in [-0.2, -0.15) is 0 Å². The minimum absolute atomic E-state index is 0.0298. The van der Waals surface area contributed by atoms with Crippen LogP contribution in [-0.2, 0) is 9.59 Å². The van der Waals surface area contributed by atoms with Gasteiger partial charge in [-0.3, -0.25) is 9.59 Å². The number of rotatable bonds is 5. The second-order valence-electron chi connectivity index (χ2n) is 6.59. The van der Waals surface area contributed by atoms with E-state index in [9.17, 15) is 18.4 Å². The number of carboxylic acid groups (broad SMARTS) is 1. The molecule has 1 aliphatic rings. The largest absolute Gasteiger partial charge is 0.481 e. The summed E-state index contributed by atoms with van der Waals surface area (Å²) in [5.74, 6) is -3.43. The third-order valence-electron chi connectivity index (χ3n) is 4.60. The Kier molecular flexibility index (Phi) is 5.69. The lowest BCUT2D eigenvalue weighted by Crippen LogP contribution is -2.31. The number of hydrogen-bond donors (Lipinski definition) is 2. The van der Waals surface area contributed by atoms with Crippen LogP contribution in [0.25, 0.3) is 0 Å². The SMILES string of the molecule is O=C(O)C1CCCC(C(=O)Nc2ccccc2Oc2cc(F)cc(F)c2)C1. The van der Waals surface area contributed by atoms with Crippen LogP contribution in [0.2, 0.25) is 0 Å². The molecule has 5 nitrogen and oxygen atoms in total. The fraction of sp³-hybridized carbons (Fsp3) is 0.300. The second kappa shape index (κ2) is 8.16. The van der Waals surface area contributed by atoms with Gasteiger partial charge in [-0.15, -0.1) is 0 Å². The minimum Gasteiger partial charge on any atom is -0.481 e. The van der Waals surface area contributed by atoms with Crippen molar-refractivity contribution in [1.82, 2.24) is 0 Å². The molecular weight excluding hydrogens is 356 g/mol. The fourth-order valence-electron chi connectivity index (χ4n) is 3.26. The van der Waals surface area contributed by atoms with Crippen molar-refractivity contribution in [2.75, 3.05) is 5.32 Å². The molecule has 0 aliphatic heterocycles. The van der Waals surface area contributed by atoms with Gasteiger partial charge in [0.15, 0.2) is 5.75 Å². The highest BCUT2D eigenvalue weighted by Gasteiger charge is 2.31. The van der Waals surface area contributed by atoms with Gasteiger partial charge in [0.25, 0.3) is 0 Å². The van der Waals surface area contributed by atoms with Gasteiger partial charge in [0, 0.05) is 24.1 Å². The van der Waals surface area contributed by atoms with Crippen molar-refractivity contribution in [3.8, 4) is 11.5 Å². The van der Waals surface area contributed by atoms with Crippen LogP contribution >= 0.6 is 0 Å². The summed E-state index contributed by atoms with van der Waals surface area (Å²) in [5, 5.41) is 11.9. The molecule has 0 saturated heterocycles. The minimum atomic E-state index is -0.885. The van der Waals surface area contributed by atoms with Crippen LogP contribution in [0.1, 0.15) is 25.7 Å². The molecule has 1 amide bonds.